The van der Waals surface area contributed by atoms with Crippen molar-refractivity contribution in [2.45, 2.75) is 51.6 Å². The van der Waals surface area contributed by atoms with Crippen LogP contribution in [-0.2, 0) is 27.2 Å². The molecule has 0 radical (unpaired) electrons. The zero-order chi connectivity index (χ0) is 29.4. The van der Waals surface area contributed by atoms with Gasteiger partial charge in [-0.2, -0.15) is 0 Å². The highest BCUT2D eigenvalue weighted by molar-refractivity contribution is 6.20. The van der Waals surface area contributed by atoms with Crippen LogP contribution in [0.25, 0.3) is 11.6 Å². The van der Waals surface area contributed by atoms with Gasteiger partial charge < -0.3 is 20.9 Å². The molecule has 2 atom stereocenters. The summed E-state index contributed by atoms with van der Waals surface area (Å²) in [7, 11) is 2.03. The number of H-pyrrole nitrogens is 1. The molecule has 0 saturated carbocycles. The van der Waals surface area contributed by atoms with Crippen LogP contribution in [0.3, 0.4) is 0 Å². The van der Waals surface area contributed by atoms with Gasteiger partial charge in [0.25, 0.3) is 11.8 Å². The highest BCUT2D eigenvalue weighted by Gasteiger charge is 2.48. The molecule has 2 aromatic rings. The summed E-state index contributed by atoms with van der Waals surface area (Å²) in [5.74, 6) is -2.70. The molecule has 1 unspecified atom stereocenters. The van der Waals surface area contributed by atoms with Gasteiger partial charge in [0, 0.05) is 29.8 Å². The normalized spacial score (nSPS) is 21.0. The van der Waals surface area contributed by atoms with E-state index >= 15 is 0 Å². The molecule has 2 saturated heterocycles. The van der Waals surface area contributed by atoms with Crippen molar-refractivity contribution in [3.05, 3.63) is 76.0 Å². The maximum Gasteiger partial charge on any atom is 0.257 e. The van der Waals surface area contributed by atoms with Crippen LogP contribution in [0.15, 0.2) is 41.6 Å². The van der Waals surface area contributed by atoms with Gasteiger partial charge in [0.05, 0.1) is 17.3 Å². The molecule has 3 amide bonds. The van der Waals surface area contributed by atoms with Crippen molar-refractivity contribution in [1.29, 1.82) is 0 Å². The minimum absolute atomic E-state index is 0.0678. The van der Waals surface area contributed by atoms with Crippen LogP contribution in [-0.4, -0.2) is 69.7 Å². The Morgan fingerprint density at radius 1 is 1.27 bits per heavy atom. The predicted octanol–water partition coefficient (Wildman–Crippen LogP) is 2.70. The predicted molar refractivity (Wildman–Crippen MR) is 150 cm³/mol. The summed E-state index contributed by atoms with van der Waals surface area (Å²) in [6, 6.07) is 2.76. The van der Waals surface area contributed by atoms with Gasteiger partial charge >= 0.3 is 0 Å². The van der Waals surface area contributed by atoms with Gasteiger partial charge in [0.1, 0.15) is 23.0 Å². The van der Waals surface area contributed by atoms with E-state index in [4.69, 9.17) is 5.73 Å². The van der Waals surface area contributed by atoms with E-state index in [-0.39, 0.29) is 47.7 Å². The number of carbonyl (C=O) groups is 3. The number of likely N-dealkylation sites (tertiary alicyclic amines) is 2. The van der Waals surface area contributed by atoms with Crippen LogP contribution in [0.4, 0.5) is 8.78 Å². The number of nitrogens with one attached hydrogen (secondary N) is 2. The standard InChI is InChI=1S/C30H34F2N6O3/c1-4-5-23(34-16(2)12-17-13-18(31)6-7-22(17)32)26(27(33)39)28-35-24-14-20-21(15-25(24)36-28)30(41)38(29(20)40)19-8-10-37(3)11-9-19/h4-7,13-14,16,19,21,34H,8-12,15H2,1-3H3,(H2,33,39)(H,35,36)/b5-4-,26-23-/t16-,21?/m0/s1. The Morgan fingerprint density at radius 2 is 2.00 bits per heavy atom. The van der Waals surface area contributed by atoms with Crippen molar-refractivity contribution in [3.63, 3.8) is 0 Å². The van der Waals surface area contributed by atoms with E-state index in [0.717, 1.165) is 44.1 Å². The molecular weight excluding hydrogens is 530 g/mol. The highest BCUT2D eigenvalue weighted by atomic mass is 19.1. The number of nitrogens with two attached hydrogens (primary N) is 1. The summed E-state index contributed by atoms with van der Waals surface area (Å²) in [5.41, 5.74) is 7.95. The molecule has 0 spiro atoms. The van der Waals surface area contributed by atoms with E-state index in [9.17, 15) is 23.2 Å². The summed E-state index contributed by atoms with van der Waals surface area (Å²) >= 11 is 0. The number of rotatable bonds is 8. The lowest BCUT2D eigenvalue weighted by molar-refractivity contribution is -0.142. The van der Waals surface area contributed by atoms with Gasteiger partial charge in [-0.25, -0.2) is 13.8 Å². The summed E-state index contributed by atoms with van der Waals surface area (Å²) in [4.78, 5) is 50.8. The molecule has 0 bridgehead atoms. The Morgan fingerprint density at radius 3 is 2.68 bits per heavy atom. The molecule has 11 heteroatoms. The second-order valence-electron chi connectivity index (χ2n) is 11.0. The Balaban J connectivity index is 1.42. The van der Waals surface area contributed by atoms with Gasteiger partial charge in [-0.1, -0.05) is 6.08 Å². The van der Waals surface area contributed by atoms with Gasteiger partial charge in [-0.05, 0) is 89.2 Å². The Bertz CT molecular complexity index is 1480. The first-order valence-corrected chi connectivity index (χ1v) is 13.8. The number of imide groups is 1. The van der Waals surface area contributed by atoms with Gasteiger partial charge in [-0.15, -0.1) is 0 Å². The van der Waals surface area contributed by atoms with Gasteiger partial charge in [0.15, 0.2) is 0 Å². The first-order valence-electron chi connectivity index (χ1n) is 13.8. The second-order valence-corrected chi connectivity index (χ2v) is 11.0. The van der Waals surface area contributed by atoms with Crippen LogP contribution in [0.1, 0.15) is 49.5 Å². The number of hydrogen-bond donors (Lipinski definition) is 3. The molecule has 41 heavy (non-hydrogen) atoms. The lowest BCUT2D eigenvalue weighted by Gasteiger charge is -2.33. The molecule has 9 nitrogen and oxygen atoms in total. The fourth-order valence-corrected chi connectivity index (χ4v) is 5.91. The molecule has 5 rings (SSSR count). The SMILES string of the molecule is C/C=C\C(N[C@@H](C)Cc1cc(F)ccc1F)=C(/C(N)=O)c1nc2c([nH]1)CC1C(=O)N(C3CCN(C)CC3)C(=O)C1=C2. The number of hydrogen-bond acceptors (Lipinski definition) is 6. The van der Waals surface area contributed by atoms with Crippen LogP contribution < -0.4 is 11.1 Å². The van der Waals surface area contributed by atoms with Crippen molar-refractivity contribution in [2.24, 2.45) is 11.7 Å². The monoisotopic (exact) mass is 564 g/mol. The Hall–Kier alpha value is -4.12. The third-order valence-corrected chi connectivity index (χ3v) is 7.96. The Kier molecular flexibility index (Phi) is 7.90. The van der Waals surface area contributed by atoms with E-state index in [1.54, 1.807) is 32.1 Å². The van der Waals surface area contributed by atoms with Crippen LogP contribution >= 0.6 is 0 Å². The van der Waals surface area contributed by atoms with Gasteiger partial charge in [-0.3, -0.25) is 19.3 Å². The van der Waals surface area contributed by atoms with Crippen LogP contribution in [0.2, 0.25) is 0 Å². The van der Waals surface area contributed by atoms with E-state index < -0.39 is 29.5 Å². The largest absolute Gasteiger partial charge is 0.382 e. The number of halogens is 2. The smallest absolute Gasteiger partial charge is 0.257 e. The molecule has 3 aliphatic rings. The summed E-state index contributed by atoms with van der Waals surface area (Å²) in [6.07, 6.45) is 6.91. The molecule has 3 heterocycles. The number of imidazole rings is 1. The number of carbonyl (C=O) groups excluding carboxylic acids is 3. The lowest BCUT2D eigenvalue weighted by Crippen LogP contribution is -2.46. The third-order valence-electron chi connectivity index (χ3n) is 7.96. The number of fused-ring (bicyclic) bond motifs is 2. The first-order chi connectivity index (χ1) is 19.6. The molecule has 4 N–H and O–H groups in total. The maximum absolute atomic E-state index is 14.2. The fraction of sp³-hybridized carbons (Fsp3) is 0.400. The third kappa shape index (κ3) is 5.58. The van der Waals surface area contributed by atoms with E-state index in [1.807, 2.05) is 7.05 Å². The highest BCUT2D eigenvalue weighted by Crippen LogP contribution is 2.38. The second kappa shape index (κ2) is 11.4. The number of benzene rings is 1. The lowest BCUT2D eigenvalue weighted by atomic mass is 9.90. The molecule has 2 fully saturated rings. The number of allylic oxidation sites excluding steroid dienone is 2. The zero-order valence-electron chi connectivity index (χ0n) is 23.3. The van der Waals surface area contributed by atoms with Crippen LogP contribution in [0, 0.1) is 17.6 Å². The zero-order valence-corrected chi connectivity index (χ0v) is 23.3. The summed E-state index contributed by atoms with van der Waals surface area (Å²) in [5, 5.41) is 3.18. The maximum atomic E-state index is 14.2. The Labute approximate surface area is 237 Å². The van der Waals surface area contributed by atoms with Crippen molar-refractivity contribution in [1.82, 2.24) is 25.1 Å². The number of primary amides is 1. The molecule has 1 aromatic carbocycles. The summed E-state index contributed by atoms with van der Waals surface area (Å²) < 4.78 is 27.9. The number of amides is 3. The van der Waals surface area contributed by atoms with Crippen molar-refractivity contribution in [2.75, 3.05) is 20.1 Å². The van der Waals surface area contributed by atoms with Crippen LogP contribution in [0.5, 0.6) is 0 Å². The van der Waals surface area contributed by atoms with Crippen molar-refractivity contribution < 1.29 is 23.2 Å². The van der Waals surface area contributed by atoms with E-state index in [2.05, 4.69) is 20.2 Å². The van der Waals surface area contributed by atoms with E-state index in [1.165, 1.54) is 4.90 Å². The molecule has 216 valence electrons. The molecule has 1 aromatic heterocycles. The average molecular weight is 565 g/mol. The summed E-state index contributed by atoms with van der Waals surface area (Å²) in [6.45, 7) is 5.20. The van der Waals surface area contributed by atoms with E-state index in [0.29, 0.717) is 22.7 Å². The van der Waals surface area contributed by atoms with Gasteiger partial charge in [0.2, 0.25) is 5.91 Å². The molecule has 1 aliphatic carbocycles. The number of aromatic nitrogens is 2. The topological polar surface area (TPSA) is 124 Å². The first kappa shape index (κ1) is 28.4. The minimum atomic E-state index is -0.755. The van der Waals surface area contributed by atoms with Crippen molar-refractivity contribution >= 4 is 29.4 Å². The number of nitrogens with zero attached hydrogens (tertiary/aromatic N) is 3. The quantitative estimate of drug-likeness (QED) is 0.257. The molecular formula is C30H34F2N6O3. The van der Waals surface area contributed by atoms with Crippen molar-refractivity contribution in [3.8, 4) is 0 Å². The number of piperidine rings is 1. The molecule has 2 aliphatic heterocycles. The minimum Gasteiger partial charge on any atom is -0.382 e. The average Bonchev–Trinajstić information content (AvgIpc) is 3.43. The fourth-order valence-electron chi connectivity index (χ4n) is 5.91. The number of aromatic amines is 1.